The fraction of sp³-hybridized carbons (Fsp3) is 0.500. The van der Waals surface area contributed by atoms with Gasteiger partial charge in [0.1, 0.15) is 0 Å². The Morgan fingerprint density at radius 1 is 1.44 bits per heavy atom. The fourth-order valence-corrected chi connectivity index (χ4v) is 4.11. The van der Waals surface area contributed by atoms with Gasteiger partial charge in [-0.1, -0.05) is 17.7 Å². The van der Waals surface area contributed by atoms with Crippen molar-refractivity contribution in [1.29, 1.82) is 0 Å². The van der Waals surface area contributed by atoms with Crippen LogP contribution in [0.25, 0.3) is 0 Å². The first-order valence-electron chi connectivity index (χ1n) is 5.55. The highest BCUT2D eigenvalue weighted by Crippen LogP contribution is 2.26. The summed E-state index contributed by atoms with van der Waals surface area (Å²) in [5.74, 6) is 0.337. The summed E-state index contributed by atoms with van der Waals surface area (Å²) in [5.41, 5.74) is 8.66. The van der Waals surface area contributed by atoms with E-state index in [1.807, 2.05) is 25.1 Å². The van der Waals surface area contributed by atoms with E-state index in [2.05, 4.69) is 0 Å². The van der Waals surface area contributed by atoms with Crippen LogP contribution in [0.4, 0.5) is 5.69 Å². The SMILES string of the molecule is Cc1ccc(N)c(CC2CCCS2(=O)=O)c1. The third-order valence-electron chi connectivity index (χ3n) is 3.21. The summed E-state index contributed by atoms with van der Waals surface area (Å²) < 4.78 is 23.4. The first kappa shape index (κ1) is 11.5. The lowest BCUT2D eigenvalue weighted by Gasteiger charge is -2.12. The van der Waals surface area contributed by atoms with Gasteiger partial charge in [-0.2, -0.15) is 0 Å². The molecule has 1 aromatic carbocycles. The van der Waals surface area contributed by atoms with Crippen molar-refractivity contribution in [1.82, 2.24) is 0 Å². The molecule has 3 nitrogen and oxygen atoms in total. The maximum absolute atomic E-state index is 11.7. The molecule has 0 spiro atoms. The Kier molecular flexibility index (Phi) is 2.93. The van der Waals surface area contributed by atoms with E-state index in [0.29, 0.717) is 17.9 Å². The standard InChI is InChI=1S/C12H17NO2S/c1-9-4-5-12(13)10(7-9)8-11-3-2-6-16(11,14)15/h4-5,7,11H,2-3,6,8,13H2,1H3. The van der Waals surface area contributed by atoms with Crippen LogP contribution in [-0.4, -0.2) is 19.4 Å². The van der Waals surface area contributed by atoms with Gasteiger partial charge in [-0.3, -0.25) is 0 Å². The predicted molar refractivity (Wildman–Crippen MR) is 66.1 cm³/mol. The summed E-state index contributed by atoms with van der Waals surface area (Å²) in [4.78, 5) is 0. The Balaban J connectivity index is 2.24. The molecular formula is C12H17NO2S. The molecule has 1 aliphatic heterocycles. The third-order valence-corrected chi connectivity index (χ3v) is 5.48. The van der Waals surface area contributed by atoms with Crippen LogP contribution in [0.2, 0.25) is 0 Å². The van der Waals surface area contributed by atoms with Crippen molar-refractivity contribution in [3.05, 3.63) is 29.3 Å². The molecule has 88 valence electrons. The summed E-state index contributed by atoms with van der Waals surface area (Å²) in [5, 5.41) is -0.225. The van der Waals surface area contributed by atoms with E-state index in [4.69, 9.17) is 5.73 Å². The van der Waals surface area contributed by atoms with E-state index in [-0.39, 0.29) is 5.25 Å². The Morgan fingerprint density at radius 2 is 2.19 bits per heavy atom. The van der Waals surface area contributed by atoms with Gasteiger partial charge < -0.3 is 5.73 Å². The number of anilines is 1. The molecule has 0 radical (unpaired) electrons. The maximum atomic E-state index is 11.7. The zero-order chi connectivity index (χ0) is 11.8. The van der Waals surface area contributed by atoms with Crippen molar-refractivity contribution in [3.8, 4) is 0 Å². The number of nitrogens with two attached hydrogens (primary N) is 1. The molecule has 4 heteroatoms. The van der Waals surface area contributed by atoms with Crippen molar-refractivity contribution in [2.45, 2.75) is 31.4 Å². The number of sulfone groups is 1. The van der Waals surface area contributed by atoms with Gasteiger partial charge in [0, 0.05) is 5.69 Å². The monoisotopic (exact) mass is 239 g/mol. The summed E-state index contributed by atoms with van der Waals surface area (Å²) in [7, 11) is -2.87. The van der Waals surface area contributed by atoms with Crippen molar-refractivity contribution >= 4 is 15.5 Å². The van der Waals surface area contributed by atoms with Gasteiger partial charge >= 0.3 is 0 Å². The molecule has 1 saturated heterocycles. The molecule has 1 aromatic rings. The number of hydrogen-bond donors (Lipinski definition) is 1. The first-order chi connectivity index (χ1) is 7.49. The molecule has 2 N–H and O–H groups in total. The largest absolute Gasteiger partial charge is 0.399 e. The Hall–Kier alpha value is -1.03. The third kappa shape index (κ3) is 2.21. The Morgan fingerprint density at radius 3 is 2.81 bits per heavy atom. The van der Waals surface area contributed by atoms with Crippen molar-refractivity contribution in [3.63, 3.8) is 0 Å². The number of rotatable bonds is 2. The quantitative estimate of drug-likeness (QED) is 0.799. The van der Waals surface area contributed by atoms with Gasteiger partial charge in [0.15, 0.2) is 9.84 Å². The van der Waals surface area contributed by atoms with Crippen LogP contribution in [0.5, 0.6) is 0 Å². The highest BCUT2D eigenvalue weighted by atomic mass is 32.2. The van der Waals surface area contributed by atoms with Crippen LogP contribution < -0.4 is 5.73 Å². The summed E-state index contributed by atoms with van der Waals surface area (Å²) >= 11 is 0. The summed E-state index contributed by atoms with van der Waals surface area (Å²) in [6, 6.07) is 5.79. The molecule has 2 rings (SSSR count). The molecule has 0 aromatic heterocycles. The Bertz CT molecular complexity index is 494. The van der Waals surface area contributed by atoms with Crippen LogP contribution in [0, 0.1) is 6.92 Å². The van der Waals surface area contributed by atoms with Crippen molar-refractivity contribution in [2.24, 2.45) is 0 Å². The lowest BCUT2D eigenvalue weighted by molar-refractivity contribution is 0.588. The highest BCUT2D eigenvalue weighted by Gasteiger charge is 2.31. The molecule has 1 atom stereocenters. The highest BCUT2D eigenvalue weighted by molar-refractivity contribution is 7.92. The fourth-order valence-electron chi connectivity index (χ4n) is 2.24. The van der Waals surface area contributed by atoms with Crippen LogP contribution in [0.3, 0.4) is 0 Å². The van der Waals surface area contributed by atoms with E-state index >= 15 is 0 Å². The smallest absolute Gasteiger partial charge is 0.153 e. The topological polar surface area (TPSA) is 60.2 Å². The lowest BCUT2D eigenvalue weighted by atomic mass is 10.0. The molecule has 1 heterocycles. The summed E-state index contributed by atoms with van der Waals surface area (Å²) in [6.07, 6.45) is 2.13. The zero-order valence-electron chi connectivity index (χ0n) is 9.44. The predicted octanol–water partition coefficient (Wildman–Crippen LogP) is 1.70. The summed E-state index contributed by atoms with van der Waals surface area (Å²) in [6.45, 7) is 1.99. The minimum Gasteiger partial charge on any atom is -0.399 e. The van der Waals surface area contributed by atoms with E-state index < -0.39 is 9.84 Å². The second kappa shape index (κ2) is 4.09. The van der Waals surface area contributed by atoms with Crippen molar-refractivity contribution < 1.29 is 8.42 Å². The number of benzene rings is 1. The molecular weight excluding hydrogens is 222 g/mol. The van der Waals surface area contributed by atoms with E-state index in [9.17, 15) is 8.42 Å². The van der Waals surface area contributed by atoms with Gasteiger partial charge in [0.05, 0.1) is 11.0 Å². The lowest BCUT2D eigenvalue weighted by Crippen LogP contribution is -2.19. The average molecular weight is 239 g/mol. The normalized spacial score (nSPS) is 23.4. The second-order valence-electron chi connectivity index (χ2n) is 4.54. The number of nitrogen functional groups attached to an aromatic ring is 1. The zero-order valence-corrected chi connectivity index (χ0v) is 10.3. The van der Waals surface area contributed by atoms with Crippen LogP contribution in [0.1, 0.15) is 24.0 Å². The average Bonchev–Trinajstić information content (AvgIpc) is 2.52. The van der Waals surface area contributed by atoms with Crippen LogP contribution >= 0.6 is 0 Å². The van der Waals surface area contributed by atoms with Gasteiger partial charge in [0.25, 0.3) is 0 Å². The molecule has 0 aliphatic carbocycles. The molecule has 1 aliphatic rings. The number of hydrogen-bond acceptors (Lipinski definition) is 3. The van der Waals surface area contributed by atoms with Gasteiger partial charge in [0.2, 0.25) is 0 Å². The number of aryl methyl sites for hydroxylation is 1. The van der Waals surface area contributed by atoms with Crippen molar-refractivity contribution in [2.75, 3.05) is 11.5 Å². The minimum atomic E-state index is -2.87. The maximum Gasteiger partial charge on any atom is 0.153 e. The minimum absolute atomic E-state index is 0.225. The van der Waals surface area contributed by atoms with Gasteiger partial charge in [-0.05, 0) is 37.8 Å². The molecule has 1 unspecified atom stereocenters. The second-order valence-corrected chi connectivity index (χ2v) is 6.94. The molecule has 0 amide bonds. The van der Waals surface area contributed by atoms with Crippen LogP contribution in [-0.2, 0) is 16.3 Å². The first-order valence-corrected chi connectivity index (χ1v) is 7.27. The van der Waals surface area contributed by atoms with E-state index in [0.717, 1.165) is 24.0 Å². The Labute approximate surface area is 96.6 Å². The molecule has 0 bridgehead atoms. The van der Waals surface area contributed by atoms with Gasteiger partial charge in [-0.15, -0.1) is 0 Å². The molecule has 0 saturated carbocycles. The van der Waals surface area contributed by atoms with E-state index in [1.165, 1.54) is 0 Å². The molecule has 1 fully saturated rings. The van der Waals surface area contributed by atoms with Crippen LogP contribution in [0.15, 0.2) is 18.2 Å². The van der Waals surface area contributed by atoms with E-state index in [1.54, 1.807) is 0 Å². The van der Waals surface area contributed by atoms with Gasteiger partial charge in [-0.25, -0.2) is 8.42 Å². The molecule has 16 heavy (non-hydrogen) atoms.